The second-order valence-electron chi connectivity index (χ2n) is 5.57. The van der Waals surface area contributed by atoms with Crippen LogP contribution in [0.3, 0.4) is 0 Å². The van der Waals surface area contributed by atoms with Gasteiger partial charge in [0.2, 0.25) is 0 Å². The van der Waals surface area contributed by atoms with Crippen LogP contribution in [0.4, 0.5) is 0 Å². The number of aryl methyl sites for hydroxylation is 1. The lowest BCUT2D eigenvalue weighted by atomic mass is 10.2. The number of hydrogen-bond acceptors (Lipinski definition) is 4. The van der Waals surface area contributed by atoms with E-state index in [0.717, 1.165) is 24.4 Å². The lowest BCUT2D eigenvalue weighted by Gasteiger charge is -2.26. The SMILES string of the molecule is CCc1ccc(C(=O)CN2CCCC2CN(C)C)s1. The van der Waals surface area contributed by atoms with Crippen LogP contribution in [-0.4, -0.2) is 55.4 Å². The number of ketones is 1. The molecule has 19 heavy (non-hydrogen) atoms. The molecule has 0 spiro atoms. The fraction of sp³-hybridized carbons (Fsp3) is 0.667. The Bertz CT molecular complexity index is 428. The third-order valence-electron chi connectivity index (χ3n) is 3.71. The summed E-state index contributed by atoms with van der Waals surface area (Å²) in [6.07, 6.45) is 3.46. The summed E-state index contributed by atoms with van der Waals surface area (Å²) in [6.45, 7) is 4.84. The summed E-state index contributed by atoms with van der Waals surface area (Å²) in [7, 11) is 4.20. The van der Waals surface area contributed by atoms with Gasteiger partial charge in [0, 0.05) is 17.5 Å². The lowest BCUT2D eigenvalue weighted by Crippen LogP contribution is -2.40. The molecule has 0 radical (unpaired) electrons. The molecule has 0 aromatic carbocycles. The van der Waals surface area contributed by atoms with Crippen molar-refractivity contribution in [3.05, 3.63) is 21.9 Å². The van der Waals surface area contributed by atoms with Crippen molar-refractivity contribution in [3.8, 4) is 0 Å². The van der Waals surface area contributed by atoms with Crippen LogP contribution in [0.15, 0.2) is 12.1 Å². The van der Waals surface area contributed by atoms with Gasteiger partial charge in [-0.2, -0.15) is 0 Å². The highest BCUT2D eigenvalue weighted by Gasteiger charge is 2.27. The highest BCUT2D eigenvalue weighted by molar-refractivity contribution is 7.14. The van der Waals surface area contributed by atoms with E-state index in [0.29, 0.717) is 12.6 Å². The van der Waals surface area contributed by atoms with Gasteiger partial charge in [0.15, 0.2) is 5.78 Å². The molecule has 106 valence electrons. The van der Waals surface area contributed by atoms with E-state index in [1.54, 1.807) is 11.3 Å². The quantitative estimate of drug-likeness (QED) is 0.748. The van der Waals surface area contributed by atoms with E-state index >= 15 is 0 Å². The number of Topliss-reactive ketones (excluding diaryl/α,β-unsaturated/α-hetero) is 1. The average Bonchev–Trinajstić information content (AvgIpc) is 2.98. The van der Waals surface area contributed by atoms with Gasteiger partial charge in [-0.3, -0.25) is 9.69 Å². The van der Waals surface area contributed by atoms with Gasteiger partial charge in [-0.25, -0.2) is 0 Å². The minimum Gasteiger partial charge on any atom is -0.308 e. The predicted molar refractivity (Wildman–Crippen MR) is 81.2 cm³/mol. The minimum atomic E-state index is 0.287. The van der Waals surface area contributed by atoms with Crippen molar-refractivity contribution in [1.82, 2.24) is 9.80 Å². The molecule has 2 rings (SSSR count). The molecule has 0 aliphatic carbocycles. The molecule has 1 aromatic rings. The molecular weight excluding hydrogens is 256 g/mol. The zero-order valence-electron chi connectivity index (χ0n) is 12.2. The molecule has 1 aliphatic rings. The Morgan fingerprint density at radius 3 is 2.89 bits per heavy atom. The summed E-state index contributed by atoms with van der Waals surface area (Å²) in [4.78, 5) is 19.1. The van der Waals surface area contributed by atoms with E-state index in [1.807, 2.05) is 6.07 Å². The molecule has 1 aliphatic heterocycles. The molecule has 1 aromatic heterocycles. The van der Waals surface area contributed by atoms with E-state index < -0.39 is 0 Å². The maximum absolute atomic E-state index is 12.3. The minimum absolute atomic E-state index is 0.287. The Labute approximate surface area is 120 Å². The maximum Gasteiger partial charge on any atom is 0.186 e. The number of carbonyl (C=O) groups is 1. The topological polar surface area (TPSA) is 23.6 Å². The average molecular weight is 280 g/mol. The summed E-state index contributed by atoms with van der Waals surface area (Å²) in [6, 6.07) is 4.62. The van der Waals surface area contributed by atoms with Gasteiger partial charge in [-0.15, -0.1) is 11.3 Å². The zero-order chi connectivity index (χ0) is 13.8. The van der Waals surface area contributed by atoms with E-state index in [9.17, 15) is 4.79 Å². The second-order valence-corrected chi connectivity index (χ2v) is 6.74. The highest BCUT2D eigenvalue weighted by atomic mass is 32.1. The largest absolute Gasteiger partial charge is 0.308 e. The van der Waals surface area contributed by atoms with Crippen LogP contribution in [0.25, 0.3) is 0 Å². The van der Waals surface area contributed by atoms with Gasteiger partial charge < -0.3 is 4.90 Å². The van der Waals surface area contributed by atoms with Gasteiger partial charge in [-0.1, -0.05) is 6.92 Å². The first-order valence-corrected chi connectivity index (χ1v) is 7.92. The summed E-state index contributed by atoms with van der Waals surface area (Å²) in [5, 5.41) is 0. The zero-order valence-corrected chi connectivity index (χ0v) is 13.0. The molecule has 0 bridgehead atoms. The maximum atomic E-state index is 12.3. The fourth-order valence-electron chi connectivity index (χ4n) is 2.71. The fourth-order valence-corrected chi connectivity index (χ4v) is 3.59. The first-order chi connectivity index (χ1) is 9.10. The standard InChI is InChI=1S/C15H24N2OS/c1-4-13-7-8-15(19-13)14(18)11-17-9-5-6-12(17)10-16(2)3/h7-8,12H,4-6,9-11H2,1-3H3. The predicted octanol–water partition coefficient (Wildman–Crippen LogP) is 2.52. The second kappa shape index (κ2) is 6.64. The summed E-state index contributed by atoms with van der Waals surface area (Å²) in [5.41, 5.74) is 0. The van der Waals surface area contributed by atoms with E-state index in [2.05, 4.69) is 36.9 Å². The molecule has 3 nitrogen and oxygen atoms in total. The van der Waals surface area contributed by atoms with Crippen molar-refractivity contribution in [2.45, 2.75) is 32.2 Å². The summed E-state index contributed by atoms with van der Waals surface area (Å²) < 4.78 is 0. The van der Waals surface area contributed by atoms with Gasteiger partial charge in [0.25, 0.3) is 0 Å². The van der Waals surface area contributed by atoms with Crippen molar-refractivity contribution >= 4 is 17.1 Å². The molecule has 0 saturated carbocycles. The van der Waals surface area contributed by atoms with Gasteiger partial charge >= 0.3 is 0 Å². The number of rotatable bonds is 6. The van der Waals surface area contributed by atoms with Crippen molar-refractivity contribution in [2.75, 3.05) is 33.7 Å². The van der Waals surface area contributed by atoms with Crippen LogP contribution in [0.5, 0.6) is 0 Å². The van der Waals surface area contributed by atoms with Crippen molar-refractivity contribution in [2.24, 2.45) is 0 Å². The van der Waals surface area contributed by atoms with Crippen LogP contribution in [-0.2, 0) is 6.42 Å². The van der Waals surface area contributed by atoms with Crippen molar-refractivity contribution in [1.29, 1.82) is 0 Å². The van der Waals surface area contributed by atoms with E-state index in [-0.39, 0.29) is 5.78 Å². The van der Waals surface area contributed by atoms with E-state index in [1.165, 1.54) is 17.7 Å². The molecule has 1 saturated heterocycles. The van der Waals surface area contributed by atoms with Crippen molar-refractivity contribution < 1.29 is 4.79 Å². The highest BCUT2D eigenvalue weighted by Crippen LogP contribution is 2.21. The van der Waals surface area contributed by atoms with Gasteiger partial charge in [0.05, 0.1) is 11.4 Å². The third kappa shape index (κ3) is 3.88. The molecule has 0 N–H and O–H groups in total. The molecule has 2 heterocycles. The van der Waals surface area contributed by atoms with Crippen LogP contribution < -0.4 is 0 Å². The molecule has 1 atom stereocenters. The number of likely N-dealkylation sites (N-methyl/N-ethyl adjacent to an activating group) is 1. The molecule has 1 unspecified atom stereocenters. The van der Waals surface area contributed by atoms with Crippen LogP contribution in [0, 0.1) is 0 Å². The van der Waals surface area contributed by atoms with Gasteiger partial charge in [-0.05, 0) is 52.0 Å². The van der Waals surface area contributed by atoms with Crippen molar-refractivity contribution in [3.63, 3.8) is 0 Å². The summed E-state index contributed by atoms with van der Waals surface area (Å²) in [5.74, 6) is 0.287. The third-order valence-corrected chi connectivity index (χ3v) is 4.98. The Hall–Kier alpha value is -0.710. The van der Waals surface area contributed by atoms with Crippen LogP contribution in [0.2, 0.25) is 0 Å². The first kappa shape index (κ1) is 14.7. The number of thiophene rings is 1. The van der Waals surface area contributed by atoms with E-state index in [4.69, 9.17) is 0 Å². The monoisotopic (exact) mass is 280 g/mol. The van der Waals surface area contributed by atoms with Crippen LogP contribution in [0.1, 0.15) is 34.3 Å². The first-order valence-electron chi connectivity index (χ1n) is 7.11. The number of carbonyl (C=O) groups excluding carboxylic acids is 1. The van der Waals surface area contributed by atoms with Gasteiger partial charge in [0.1, 0.15) is 0 Å². The Kier molecular flexibility index (Phi) is 5.13. The summed E-state index contributed by atoms with van der Waals surface area (Å²) >= 11 is 1.65. The number of likely N-dealkylation sites (tertiary alicyclic amines) is 1. The lowest BCUT2D eigenvalue weighted by molar-refractivity contribution is 0.0914. The van der Waals surface area contributed by atoms with Crippen LogP contribution >= 0.6 is 11.3 Å². The Morgan fingerprint density at radius 2 is 2.26 bits per heavy atom. The number of nitrogens with zero attached hydrogens (tertiary/aromatic N) is 2. The normalized spacial score (nSPS) is 20.3. The molecule has 4 heteroatoms. The smallest absolute Gasteiger partial charge is 0.186 e. The molecule has 0 amide bonds. The number of hydrogen-bond donors (Lipinski definition) is 0. The Balaban J connectivity index is 1.94. The molecule has 1 fully saturated rings. The molecular formula is C15H24N2OS. The Morgan fingerprint density at radius 1 is 1.47 bits per heavy atom.